The van der Waals surface area contributed by atoms with Gasteiger partial charge in [0.2, 0.25) is 0 Å². The number of carboxylic acids is 1. The van der Waals surface area contributed by atoms with Crippen molar-refractivity contribution in [3.05, 3.63) is 88.3 Å². The van der Waals surface area contributed by atoms with Crippen molar-refractivity contribution in [1.82, 2.24) is 5.32 Å². The van der Waals surface area contributed by atoms with Crippen molar-refractivity contribution in [3.63, 3.8) is 0 Å². The number of thioether (sulfide) groups is 1. The van der Waals surface area contributed by atoms with Gasteiger partial charge in [-0.15, -0.1) is 0 Å². The van der Waals surface area contributed by atoms with E-state index in [0.29, 0.717) is 43.8 Å². The van der Waals surface area contributed by atoms with Crippen LogP contribution in [-0.4, -0.2) is 29.3 Å². The van der Waals surface area contributed by atoms with E-state index in [1.807, 2.05) is 0 Å². The van der Waals surface area contributed by atoms with Gasteiger partial charge in [0.05, 0.1) is 24.1 Å². The molecule has 1 aliphatic rings. The molecule has 0 aromatic heterocycles. The number of halogens is 2. The van der Waals surface area contributed by atoms with Crippen LogP contribution in [0.3, 0.4) is 0 Å². The number of amidine groups is 1. The highest BCUT2D eigenvalue weighted by molar-refractivity contribution is 8.18. The monoisotopic (exact) mass is 480 g/mol. The number of carboxylic acid groups (broad SMARTS) is 1. The fourth-order valence-corrected chi connectivity index (χ4v) is 4.18. The van der Waals surface area contributed by atoms with Crippen molar-refractivity contribution in [1.29, 1.82) is 0 Å². The first kappa shape index (κ1) is 23.2. The Kier molecular flexibility index (Phi) is 6.74. The van der Waals surface area contributed by atoms with Crippen LogP contribution < -0.4 is 10.1 Å². The minimum absolute atomic E-state index is 0.0849. The molecule has 9 heteroatoms. The number of amides is 1. The highest BCUT2D eigenvalue weighted by Gasteiger charge is 2.24. The Morgan fingerprint density at radius 3 is 2.41 bits per heavy atom. The number of aliphatic imine (C=N–C) groups is 1. The van der Waals surface area contributed by atoms with Crippen molar-refractivity contribution >= 4 is 40.6 Å². The number of rotatable bonds is 6. The quantitative estimate of drug-likeness (QED) is 0.476. The third-order valence-electron chi connectivity index (χ3n) is 4.89. The lowest BCUT2D eigenvalue weighted by Crippen LogP contribution is -2.19. The summed E-state index contributed by atoms with van der Waals surface area (Å²) in [5.74, 6) is -2.16. The first-order valence-electron chi connectivity index (χ1n) is 10.1. The van der Waals surface area contributed by atoms with Crippen molar-refractivity contribution in [3.8, 4) is 16.9 Å². The molecular formula is C25H18F2N2O4S. The summed E-state index contributed by atoms with van der Waals surface area (Å²) < 4.78 is 32.7. The van der Waals surface area contributed by atoms with Crippen molar-refractivity contribution in [2.24, 2.45) is 4.99 Å². The summed E-state index contributed by atoms with van der Waals surface area (Å²) in [5.41, 5.74) is 2.68. The molecule has 1 saturated heterocycles. The molecule has 0 unspecified atom stereocenters. The second-order valence-corrected chi connectivity index (χ2v) is 8.36. The van der Waals surface area contributed by atoms with E-state index >= 15 is 0 Å². The normalized spacial score (nSPS) is 15.6. The van der Waals surface area contributed by atoms with Crippen LogP contribution in [0.5, 0.6) is 5.75 Å². The molecule has 0 atom stereocenters. The lowest BCUT2D eigenvalue weighted by atomic mass is 10.0. The average molecular weight is 480 g/mol. The van der Waals surface area contributed by atoms with Gasteiger partial charge in [0, 0.05) is 11.6 Å². The maximum Gasteiger partial charge on any atom is 0.307 e. The fraction of sp³-hybridized carbons (Fsp3) is 0.0800. The smallest absolute Gasteiger partial charge is 0.307 e. The van der Waals surface area contributed by atoms with Crippen LogP contribution in [0, 0.1) is 11.6 Å². The van der Waals surface area contributed by atoms with Crippen molar-refractivity contribution in [2.45, 2.75) is 6.42 Å². The van der Waals surface area contributed by atoms with Crippen LogP contribution in [0.4, 0.5) is 14.5 Å². The van der Waals surface area contributed by atoms with Gasteiger partial charge in [0.25, 0.3) is 5.91 Å². The Balaban J connectivity index is 1.60. The van der Waals surface area contributed by atoms with Crippen molar-refractivity contribution in [2.75, 3.05) is 7.11 Å². The van der Waals surface area contributed by atoms with E-state index in [4.69, 9.17) is 9.84 Å². The summed E-state index contributed by atoms with van der Waals surface area (Å²) in [5, 5.41) is 11.9. The zero-order chi connectivity index (χ0) is 24.2. The van der Waals surface area contributed by atoms with Gasteiger partial charge in [0.15, 0.2) is 5.17 Å². The number of nitrogens with zero attached hydrogens (tertiary/aromatic N) is 1. The Morgan fingerprint density at radius 2 is 1.76 bits per heavy atom. The molecule has 0 radical (unpaired) electrons. The highest BCUT2D eigenvalue weighted by atomic mass is 32.2. The van der Waals surface area contributed by atoms with E-state index in [-0.39, 0.29) is 12.3 Å². The Hall–Kier alpha value is -3.98. The Morgan fingerprint density at radius 1 is 1.06 bits per heavy atom. The maximum absolute atomic E-state index is 13.7. The molecule has 0 aliphatic carbocycles. The summed E-state index contributed by atoms with van der Waals surface area (Å²) in [7, 11) is 1.49. The number of carbonyl (C=O) groups excluding carboxylic acids is 1. The van der Waals surface area contributed by atoms with Crippen molar-refractivity contribution < 1.29 is 28.2 Å². The third kappa shape index (κ3) is 5.49. The molecule has 0 saturated carbocycles. The first-order chi connectivity index (χ1) is 16.3. The minimum atomic E-state index is -0.922. The fourth-order valence-electron chi connectivity index (χ4n) is 3.35. The van der Waals surface area contributed by atoms with Gasteiger partial charge in [-0.25, -0.2) is 13.8 Å². The predicted octanol–water partition coefficient (Wildman–Crippen LogP) is 5.16. The molecule has 1 amide bonds. The molecule has 3 aromatic carbocycles. The van der Waals surface area contributed by atoms with E-state index in [1.54, 1.807) is 48.5 Å². The molecule has 0 spiro atoms. The van der Waals surface area contributed by atoms with Gasteiger partial charge in [-0.2, -0.15) is 0 Å². The Labute approximate surface area is 198 Å². The minimum Gasteiger partial charge on any atom is -0.496 e. The predicted molar refractivity (Wildman–Crippen MR) is 127 cm³/mol. The molecule has 3 aromatic rings. The van der Waals surface area contributed by atoms with E-state index in [1.165, 1.54) is 19.2 Å². The second-order valence-electron chi connectivity index (χ2n) is 7.33. The van der Waals surface area contributed by atoms with Gasteiger partial charge >= 0.3 is 5.97 Å². The molecule has 1 heterocycles. The molecule has 34 heavy (non-hydrogen) atoms. The number of carbonyl (C=O) groups is 2. The van der Waals surface area contributed by atoms with Gasteiger partial charge in [0.1, 0.15) is 17.4 Å². The maximum atomic E-state index is 13.7. The number of hydrogen-bond acceptors (Lipinski definition) is 5. The largest absolute Gasteiger partial charge is 0.496 e. The number of nitrogens with one attached hydrogen (secondary N) is 1. The van der Waals surface area contributed by atoms with Crippen LogP contribution in [0.25, 0.3) is 17.2 Å². The molecule has 1 aliphatic heterocycles. The average Bonchev–Trinajstić information content (AvgIpc) is 3.12. The molecular weight excluding hydrogens is 462 g/mol. The number of aliphatic carboxylic acids is 1. The molecule has 2 N–H and O–H groups in total. The number of hydrogen-bond donors (Lipinski definition) is 2. The van der Waals surface area contributed by atoms with Gasteiger partial charge < -0.3 is 15.2 Å². The number of ether oxygens (including phenoxy) is 1. The van der Waals surface area contributed by atoms with Gasteiger partial charge in [-0.3, -0.25) is 9.59 Å². The zero-order valence-corrected chi connectivity index (χ0v) is 18.7. The first-order valence-corrected chi connectivity index (χ1v) is 10.9. The SMILES string of the molecule is COc1ccc(-c2cc(F)cc(F)c2)cc1/C=C1/SC(=Nc2ccc(CC(=O)O)cc2)NC1=O. The van der Waals surface area contributed by atoms with Crippen LogP contribution in [0.1, 0.15) is 11.1 Å². The zero-order valence-electron chi connectivity index (χ0n) is 17.8. The lowest BCUT2D eigenvalue weighted by Gasteiger charge is -2.09. The standard InChI is InChI=1S/C25H18F2N2O4S/c1-33-21-7-4-15(16-10-18(26)13-19(27)11-16)9-17(21)12-22-24(32)29-25(34-22)28-20-5-2-14(3-6-20)8-23(30)31/h2-7,9-13H,8H2,1H3,(H,30,31)(H,28,29,32)/b22-12+. The summed E-state index contributed by atoms with van der Waals surface area (Å²) in [4.78, 5) is 28.1. The van der Waals surface area contributed by atoms with Crippen LogP contribution in [-0.2, 0) is 16.0 Å². The third-order valence-corrected chi connectivity index (χ3v) is 5.80. The van der Waals surface area contributed by atoms with Crippen LogP contribution >= 0.6 is 11.8 Å². The molecule has 0 bridgehead atoms. The van der Waals surface area contributed by atoms with Gasteiger partial charge in [-0.05, 0) is 70.9 Å². The summed E-state index contributed by atoms with van der Waals surface area (Å²) in [6, 6.07) is 15.0. The van der Waals surface area contributed by atoms with Gasteiger partial charge in [-0.1, -0.05) is 18.2 Å². The lowest BCUT2D eigenvalue weighted by molar-refractivity contribution is -0.136. The molecule has 4 rings (SSSR count). The summed E-state index contributed by atoms with van der Waals surface area (Å²) in [6.45, 7) is 0. The van der Waals surface area contributed by atoms with E-state index < -0.39 is 17.6 Å². The number of benzene rings is 3. The number of methoxy groups -OCH3 is 1. The van der Waals surface area contributed by atoms with E-state index in [0.717, 1.165) is 17.8 Å². The molecule has 6 nitrogen and oxygen atoms in total. The van der Waals surface area contributed by atoms with E-state index in [2.05, 4.69) is 10.3 Å². The van der Waals surface area contributed by atoms with E-state index in [9.17, 15) is 18.4 Å². The highest BCUT2D eigenvalue weighted by Crippen LogP contribution is 2.33. The second kappa shape index (κ2) is 9.88. The summed E-state index contributed by atoms with van der Waals surface area (Å²) >= 11 is 1.13. The molecule has 1 fully saturated rings. The Bertz CT molecular complexity index is 1320. The molecule has 172 valence electrons. The van der Waals surface area contributed by atoms with Crippen LogP contribution in [0.15, 0.2) is 70.6 Å². The topological polar surface area (TPSA) is 88.0 Å². The van der Waals surface area contributed by atoms with Crippen LogP contribution in [0.2, 0.25) is 0 Å². The summed E-state index contributed by atoms with van der Waals surface area (Å²) in [6.07, 6.45) is 1.54.